The van der Waals surface area contributed by atoms with Crippen molar-refractivity contribution in [3.05, 3.63) is 33.3 Å². The van der Waals surface area contributed by atoms with Crippen LogP contribution >= 0.6 is 43.5 Å². The number of alkyl halides is 1. The van der Waals surface area contributed by atoms with Gasteiger partial charge in [0.1, 0.15) is 0 Å². The van der Waals surface area contributed by atoms with Crippen LogP contribution in [0, 0.1) is 0 Å². The second-order valence-corrected chi connectivity index (χ2v) is 5.68. The van der Waals surface area contributed by atoms with E-state index >= 15 is 0 Å². The quantitative estimate of drug-likeness (QED) is 0.751. The Labute approximate surface area is 123 Å². The van der Waals surface area contributed by atoms with E-state index in [-0.39, 0.29) is 11.9 Å². The Morgan fingerprint density at radius 3 is 2.82 bits per heavy atom. The van der Waals surface area contributed by atoms with E-state index in [0.717, 1.165) is 22.6 Å². The van der Waals surface area contributed by atoms with Crippen molar-refractivity contribution < 1.29 is 4.79 Å². The van der Waals surface area contributed by atoms with Crippen LogP contribution in [0.1, 0.15) is 30.1 Å². The van der Waals surface area contributed by atoms with Gasteiger partial charge in [0.15, 0.2) is 0 Å². The second-order valence-electron chi connectivity index (χ2n) is 3.66. The molecular weight excluding hydrogens is 369 g/mol. The molecule has 1 aromatic rings. The average molecular weight is 384 g/mol. The highest BCUT2D eigenvalue weighted by molar-refractivity contribution is 9.10. The number of carbonyl (C=O) groups is 1. The Hall–Kier alpha value is -0.0600. The predicted octanol–water partition coefficient (Wildman–Crippen LogP) is 4.40. The predicted molar refractivity (Wildman–Crippen MR) is 79.1 cm³/mol. The van der Waals surface area contributed by atoms with Crippen molar-refractivity contribution in [1.82, 2.24) is 5.32 Å². The summed E-state index contributed by atoms with van der Waals surface area (Å²) in [6, 6.07) is 5.52. The lowest BCUT2D eigenvalue weighted by Gasteiger charge is -2.16. The minimum absolute atomic E-state index is 0.121. The maximum Gasteiger partial charge on any atom is 0.253 e. The van der Waals surface area contributed by atoms with Crippen LogP contribution in [-0.4, -0.2) is 17.3 Å². The zero-order valence-corrected chi connectivity index (χ0v) is 13.4. The van der Waals surface area contributed by atoms with Crippen LogP contribution < -0.4 is 5.32 Å². The molecule has 0 saturated carbocycles. The minimum atomic E-state index is -0.121. The third-order valence-electron chi connectivity index (χ3n) is 2.48. The first-order valence-corrected chi connectivity index (χ1v) is 7.70. The summed E-state index contributed by atoms with van der Waals surface area (Å²) in [6.45, 7) is 2.05. The van der Waals surface area contributed by atoms with E-state index < -0.39 is 0 Å². The molecule has 2 nitrogen and oxygen atoms in total. The molecule has 0 spiro atoms. The zero-order chi connectivity index (χ0) is 12.8. The molecule has 1 unspecified atom stereocenters. The smallest absolute Gasteiger partial charge is 0.253 e. The molecule has 0 aliphatic carbocycles. The highest BCUT2D eigenvalue weighted by Crippen LogP contribution is 2.26. The maximum atomic E-state index is 12.0. The summed E-state index contributed by atoms with van der Waals surface area (Å²) in [7, 11) is 0. The summed E-state index contributed by atoms with van der Waals surface area (Å²) in [5.41, 5.74) is 0.508. The Balaban J connectivity index is 2.79. The molecule has 1 aromatic carbocycles. The lowest BCUT2D eigenvalue weighted by atomic mass is 10.1. The van der Waals surface area contributed by atoms with Crippen LogP contribution in [-0.2, 0) is 0 Å². The van der Waals surface area contributed by atoms with E-state index in [2.05, 4.69) is 44.1 Å². The van der Waals surface area contributed by atoms with Gasteiger partial charge in [0.25, 0.3) is 5.91 Å². The second kappa shape index (κ2) is 7.39. The number of benzene rings is 1. The number of rotatable bonds is 5. The summed E-state index contributed by atoms with van der Waals surface area (Å²) in [6.07, 6.45) is 1.82. The molecule has 0 bridgehead atoms. The van der Waals surface area contributed by atoms with Gasteiger partial charge in [0.05, 0.1) is 10.6 Å². The molecule has 1 amide bonds. The Kier molecular flexibility index (Phi) is 6.52. The number of carbonyl (C=O) groups excluding carboxylic acids is 1. The number of hydrogen-bond acceptors (Lipinski definition) is 1. The molecule has 0 aliphatic heterocycles. The van der Waals surface area contributed by atoms with Gasteiger partial charge in [-0.1, -0.05) is 40.5 Å². The molecular formula is C12H14Br2ClNO. The van der Waals surface area contributed by atoms with E-state index in [1.165, 1.54) is 0 Å². The molecule has 1 N–H and O–H groups in total. The molecule has 17 heavy (non-hydrogen) atoms. The molecule has 0 aliphatic rings. The molecule has 1 atom stereocenters. The lowest BCUT2D eigenvalue weighted by Crippen LogP contribution is -2.34. The van der Waals surface area contributed by atoms with Gasteiger partial charge in [0.2, 0.25) is 0 Å². The minimum Gasteiger partial charge on any atom is -0.349 e. The summed E-state index contributed by atoms with van der Waals surface area (Å²) in [4.78, 5) is 12.0. The fourth-order valence-electron chi connectivity index (χ4n) is 1.45. The fraction of sp³-hybridized carbons (Fsp3) is 0.417. The fourth-order valence-corrected chi connectivity index (χ4v) is 2.58. The van der Waals surface area contributed by atoms with Crippen molar-refractivity contribution in [2.24, 2.45) is 0 Å². The van der Waals surface area contributed by atoms with Crippen molar-refractivity contribution in [1.29, 1.82) is 0 Å². The van der Waals surface area contributed by atoms with Gasteiger partial charge in [-0.25, -0.2) is 0 Å². The van der Waals surface area contributed by atoms with Crippen LogP contribution in [0.2, 0.25) is 5.02 Å². The first kappa shape index (κ1) is 15.0. The average Bonchev–Trinajstić information content (AvgIpc) is 2.31. The van der Waals surface area contributed by atoms with Crippen LogP contribution in [0.4, 0.5) is 0 Å². The van der Waals surface area contributed by atoms with Gasteiger partial charge in [-0.05, 0) is 40.9 Å². The van der Waals surface area contributed by atoms with E-state index in [9.17, 15) is 4.79 Å². The van der Waals surface area contributed by atoms with E-state index in [1.54, 1.807) is 12.1 Å². The lowest BCUT2D eigenvalue weighted by molar-refractivity contribution is 0.0935. The van der Waals surface area contributed by atoms with Crippen molar-refractivity contribution in [3.63, 3.8) is 0 Å². The van der Waals surface area contributed by atoms with Gasteiger partial charge in [-0.15, -0.1) is 0 Å². The molecule has 0 radical (unpaired) electrons. The molecule has 0 aromatic heterocycles. The summed E-state index contributed by atoms with van der Waals surface area (Å²) in [5.74, 6) is -0.121. The van der Waals surface area contributed by atoms with Crippen LogP contribution in [0.5, 0.6) is 0 Å². The number of nitrogens with one attached hydrogen (secondary N) is 1. The summed E-state index contributed by atoms with van der Waals surface area (Å²) >= 11 is 12.8. The van der Waals surface area contributed by atoms with Crippen molar-refractivity contribution in [2.75, 3.05) is 5.33 Å². The van der Waals surface area contributed by atoms with Crippen LogP contribution in [0.3, 0.4) is 0 Å². The van der Waals surface area contributed by atoms with Gasteiger partial charge in [-0.2, -0.15) is 0 Å². The highest BCUT2D eigenvalue weighted by Gasteiger charge is 2.15. The van der Waals surface area contributed by atoms with E-state index in [4.69, 9.17) is 11.6 Å². The van der Waals surface area contributed by atoms with Crippen molar-refractivity contribution in [2.45, 2.75) is 25.8 Å². The number of amides is 1. The van der Waals surface area contributed by atoms with E-state index in [1.807, 2.05) is 6.07 Å². The molecule has 0 heterocycles. The Bertz CT molecular complexity index is 398. The maximum absolute atomic E-state index is 12.0. The first-order valence-electron chi connectivity index (χ1n) is 5.41. The standard InChI is InChI=1S/C12H14Br2ClNO/c1-2-8(6-7-13)16-12(17)9-4-3-5-10(14)11(9)15/h3-5,8H,2,6-7H2,1H3,(H,16,17). The Morgan fingerprint density at radius 1 is 1.53 bits per heavy atom. The normalized spacial score (nSPS) is 12.2. The summed E-state index contributed by atoms with van der Waals surface area (Å²) < 4.78 is 0.736. The van der Waals surface area contributed by atoms with E-state index in [0.29, 0.717) is 10.6 Å². The first-order chi connectivity index (χ1) is 8.10. The topological polar surface area (TPSA) is 29.1 Å². The SMILES string of the molecule is CCC(CCBr)NC(=O)c1cccc(Br)c1Cl. The molecule has 0 saturated heterocycles. The van der Waals surface area contributed by atoms with Gasteiger partial charge in [0, 0.05) is 15.8 Å². The third-order valence-corrected chi connectivity index (χ3v) is 4.24. The van der Waals surface area contributed by atoms with Gasteiger partial charge >= 0.3 is 0 Å². The largest absolute Gasteiger partial charge is 0.349 e. The van der Waals surface area contributed by atoms with Gasteiger partial charge in [-0.3, -0.25) is 4.79 Å². The summed E-state index contributed by atoms with van der Waals surface area (Å²) in [5, 5.41) is 4.31. The third kappa shape index (κ3) is 4.27. The van der Waals surface area contributed by atoms with Crippen LogP contribution in [0.15, 0.2) is 22.7 Å². The highest BCUT2D eigenvalue weighted by atomic mass is 79.9. The zero-order valence-electron chi connectivity index (χ0n) is 9.47. The van der Waals surface area contributed by atoms with Gasteiger partial charge < -0.3 is 5.32 Å². The monoisotopic (exact) mass is 381 g/mol. The number of halogens is 3. The van der Waals surface area contributed by atoms with Crippen molar-refractivity contribution >= 4 is 49.4 Å². The van der Waals surface area contributed by atoms with Crippen molar-refractivity contribution in [3.8, 4) is 0 Å². The molecule has 0 fully saturated rings. The molecule has 1 rings (SSSR count). The molecule has 5 heteroatoms. The Morgan fingerprint density at radius 2 is 2.24 bits per heavy atom. The molecule has 94 valence electrons. The van der Waals surface area contributed by atoms with Crippen LogP contribution in [0.25, 0.3) is 0 Å². The number of hydrogen-bond donors (Lipinski definition) is 1.